The Kier molecular flexibility index (Phi) is 3.76. The van der Waals surface area contributed by atoms with E-state index in [-0.39, 0.29) is 6.04 Å². The van der Waals surface area contributed by atoms with E-state index in [1.807, 2.05) is 19.1 Å². The summed E-state index contributed by atoms with van der Waals surface area (Å²) in [5.41, 5.74) is -0.514. The van der Waals surface area contributed by atoms with Gasteiger partial charge in [-0.2, -0.15) is 0 Å². The summed E-state index contributed by atoms with van der Waals surface area (Å²) in [6.45, 7) is 5.72. The van der Waals surface area contributed by atoms with E-state index in [1.165, 1.54) is 0 Å². The highest BCUT2D eigenvalue weighted by molar-refractivity contribution is 5.74. The van der Waals surface area contributed by atoms with Crippen molar-refractivity contribution < 1.29 is 14.3 Å². The molecule has 2 heterocycles. The van der Waals surface area contributed by atoms with Crippen LogP contribution in [0.4, 0.5) is 0 Å². The van der Waals surface area contributed by atoms with Gasteiger partial charge in [0.15, 0.2) is 0 Å². The molecule has 1 atom stereocenters. The van der Waals surface area contributed by atoms with Gasteiger partial charge in [0, 0.05) is 0 Å². The molecule has 2 rings (SSSR count). The maximum atomic E-state index is 11.4. The third-order valence-electron chi connectivity index (χ3n) is 4.39. The van der Waals surface area contributed by atoms with Crippen LogP contribution in [0, 0.1) is 5.41 Å². The van der Waals surface area contributed by atoms with Gasteiger partial charge in [-0.05, 0) is 51.4 Å². The van der Waals surface area contributed by atoms with Gasteiger partial charge in [0.05, 0.1) is 17.7 Å². The van der Waals surface area contributed by atoms with Crippen molar-refractivity contribution in [2.24, 2.45) is 5.41 Å². The van der Waals surface area contributed by atoms with Crippen molar-refractivity contribution in [1.82, 2.24) is 4.90 Å². The van der Waals surface area contributed by atoms with Gasteiger partial charge < -0.3 is 9.52 Å². The minimum absolute atomic E-state index is 0.226. The lowest BCUT2D eigenvalue weighted by molar-refractivity contribution is -0.152. The molecule has 1 unspecified atom stereocenters. The molecule has 0 amide bonds. The van der Waals surface area contributed by atoms with Crippen molar-refractivity contribution in [2.75, 3.05) is 13.1 Å². The monoisotopic (exact) mass is 251 g/mol. The second-order valence-corrected chi connectivity index (χ2v) is 5.17. The summed E-state index contributed by atoms with van der Waals surface area (Å²) in [5, 5.41) is 9.36. The van der Waals surface area contributed by atoms with E-state index in [1.54, 1.807) is 6.26 Å². The molecule has 1 aliphatic rings. The number of carbonyl (C=O) groups is 1. The fourth-order valence-corrected chi connectivity index (χ4v) is 2.77. The zero-order chi connectivity index (χ0) is 13.2. The Bertz CT molecular complexity index is 391. The highest BCUT2D eigenvalue weighted by Gasteiger charge is 2.40. The van der Waals surface area contributed by atoms with Gasteiger partial charge in [0.2, 0.25) is 0 Å². The van der Waals surface area contributed by atoms with E-state index in [2.05, 4.69) is 11.8 Å². The van der Waals surface area contributed by atoms with Gasteiger partial charge in [-0.15, -0.1) is 0 Å². The maximum absolute atomic E-state index is 11.4. The molecule has 0 radical (unpaired) electrons. The molecular weight excluding hydrogens is 230 g/mol. The molecule has 1 N–H and O–H groups in total. The maximum Gasteiger partial charge on any atom is 0.309 e. The summed E-state index contributed by atoms with van der Waals surface area (Å²) in [6.07, 6.45) is 3.85. The van der Waals surface area contributed by atoms with Crippen LogP contribution in [0.25, 0.3) is 0 Å². The van der Waals surface area contributed by atoms with Crippen LogP contribution in [-0.4, -0.2) is 29.1 Å². The molecule has 0 aromatic carbocycles. The first-order valence-electron chi connectivity index (χ1n) is 6.60. The highest BCUT2D eigenvalue weighted by atomic mass is 16.4. The van der Waals surface area contributed by atoms with Crippen LogP contribution in [0.3, 0.4) is 0 Å². The van der Waals surface area contributed by atoms with Crippen LogP contribution >= 0.6 is 0 Å². The van der Waals surface area contributed by atoms with Crippen molar-refractivity contribution in [3.8, 4) is 0 Å². The quantitative estimate of drug-likeness (QED) is 0.894. The number of carboxylic acids is 1. The fourth-order valence-electron chi connectivity index (χ4n) is 2.77. The zero-order valence-electron chi connectivity index (χ0n) is 11.1. The first kappa shape index (κ1) is 13.1. The fraction of sp³-hybridized carbons (Fsp3) is 0.643. The Morgan fingerprint density at radius 1 is 1.56 bits per heavy atom. The van der Waals surface area contributed by atoms with Gasteiger partial charge >= 0.3 is 5.97 Å². The van der Waals surface area contributed by atoms with Crippen LogP contribution in [0.15, 0.2) is 22.8 Å². The van der Waals surface area contributed by atoms with Crippen molar-refractivity contribution in [1.29, 1.82) is 0 Å². The molecule has 0 aliphatic carbocycles. The number of carboxylic acid groups (broad SMARTS) is 1. The van der Waals surface area contributed by atoms with E-state index in [9.17, 15) is 9.90 Å². The van der Waals surface area contributed by atoms with Crippen LogP contribution in [0.2, 0.25) is 0 Å². The van der Waals surface area contributed by atoms with Gasteiger partial charge in [0.25, 0.3) is 0 Å². The smallest absolute Gasteiger partial charge is 0.309 e. The first-order valence-corrected chi connectivity index (χ1v) is 6.60. The average molecular weight is 251 g/mol. The Morgan fingerprint density at radius 2 is 2.22 bits per heavy atom. The van der Waals surface area contributed by atoms with Gasteiger partial charge in [-0.3, -0.25) is 9.69 Å². The molecule has 1 fully saturated rings. The number of hydrogen-bond acceptors (Lipinski definition) is 3. The molecule has 1 aromatic rings. The van der Waals surface area contributed by atoms with Crippen molar-refractivity contribution >= 4 is 5.97 Å². The van der Waals surface area contributed by atoms with Crippen molar-refractivity contribution in [3.63, 3.8) is 0 Å². The number of likely N-dealkylation sites (tertiary alicyclic amines) is 1. The van der Waals surface area contributed by atoms with Gasteiger partial charge in [-0.1, -0.05) is 6.92 Å². The minimum Gasteiger partial charge on any atom is -0.481 e. The summed E-state index contributed by atoms with van der Waals surface area (Å²) in [5.74, 6) is 0.310. The first-order chi connectivity index (χ1) is 8.59. The molecule has 0 saturated carbocycles. The molecule has 1 saturated heterocycles. The SMILES string of the molecule is CCC1(C(=O)O)CCN(C(C)c2ccco2)CC1. The lowest BCUT2D eigenvalue weighted by atomic mass is 9.76. The summed E-state index contributed by atoms with van der Waals surface area (Å²) in [7, 11) is 0. The highest BCUT2D eigenvalue weighted by Crippen LogP contribution is 2.37. The average Bonchev–Trinajstić information content (AvgIpc) is 2.91. The second kappa shape index (κ2) is 5.14. The molecule has 18 heavy (non-hydrogen) atoms. The van der Waals surface area contributed by atoms with E-state index in [0.717, 1.165) is 31.7 Å². The van der Waals surface area contributed by atoms with E-state index >= 15 is 0 Å². The summed E-state index contributed by atoms with van der Waals surface area (Å²) in [6, 6.07) is 4.09. The molecule has 4 nitrogen and oxygen atoms in total. The predicted octanol–water partition coefficient (Wildman–Crippen LogP) is 2.92. The number of furan rings is 1. The largest absolute Gasteiger partial charge is 0.481 e. The molecule has 0 bridgehead atoms. The number of hydrogen-bond donors (Lipinski definition) is 1. The molecule has 1 aliphatic heterocycles. The zero-order valence-corrected chi connectivity index (χ0v) is 11.1. The Morgan fingerprint density at radius 3 is 2.67 bits per heavy atom. The lowest BCUT2D eigenvalue weighted by Crippen LogP contribution is -2.44. The van der Waals surface area contributed by atoms with Crippen LogP contribution < -0.4 is 0 Å². The molecule has 1 aromatic heterocycles. The standard InChI is InChI=1S/C14H21NO3/c1-3-14(13(16)17)6-8-15(9-7-14)11(2)12-5-4-10-18-12/h4-5,10-11H,3,6-9H2,1-2H3,(H,16,17). The number of nitrogens with zero attached hydrogens (tertiary/aromatic N) is 1. The van der Waals surface area contributed by atoms with Crippen LogP contribution in [0.5, 0.6) is 0 Å². The predicted molar refractivity (Wildman–Crippen MR) is 68.3 cm³/mol. The van der Waals surface area contributed by atoms with Gasteiger partial charge in [0.1, 0.15) is 5.76 Å². The van der Waals surface area contributed by atoms with Crippen LogP contribution in [0.1, 0.15) is 44.9 Å². The third kappa shape index (κ3) is 2.29. The van der Waals surface area contributed by atoms with Gasteiger partial charge in [-0.25, -0.2) is 0 Å². The molecule has 0 spiro atoms. The van der Waals surface area contributed by atoms with E-state index in [0.29, 0.717) is 6.42 Å². The minimum atomic E-state index is -0.643. The van der Waals surface area contributed by atoms with Crippen molar-refractivity contribution in [3.05, 3.63) is 24.2 Å². The molecular formula is C14H21NO3. The van der Waals surface area contributed by atoms with Crippen LogP contribution in [-0.2, 0) is 4.79 Å². The second-order valence-electron chi connectivity index (χ2n) is 5.17. The Balaban J connectivity index is 2.00. The summed E-state index contributed by atoms with van der Waals surface area (Å²) >= 11 is 0. The lowest BCUT2D eigenvalue weighted by Gasteiger charge is -2.40. The van der Waals surface area contributed by atoms with E-state index < -0.39 is 11.4 Å². The number of rotatable bonds is 4. The van der Waals surface area contributed by atoms with E-state index in [4.69, 9.17) is 4.42 Å². The normalized spacial score (nSPS) is 21.7. The number of aliphatic carboxylic acids is 1. The van der Waals surface area contributed by atoms with Crippen molar-refractivity contribution in [2.45, 2.75) is 39.2 Å². The topological polar surface area (TPSA) is 53.7 Å². The Hall–Kier alpha value is -1.29. The summed E-state index contributed by atoms with van der Waals surface area (Å²) < 4.78 is 5.42. The third-order valence-corrected chi connectivity index (χ3v) is 4.39. The molecule has 4 heteroatoms. The Labute approximate surface area is 108 Å². The summed E-state index contributed by atoms with van der Waals surface area (Å²) in [4.78, 5) is 13.7. The molecule has 100 valence electrons. The number of piperidine rings is 1.